The standard InChI is InChI=1S/C24H17Cl2F4NO3/c1-34-23(33)16-5-2-14(3-6-16)8-9-31-21(19(25)13-20(26)22(31)32)7-4-15-10-17(24(28,29)30)12-18(27)11-15/h2-7,10-13H,8-9H2,1H3/b7-4+. The Balaban J connectivity index is 1.92. The van der Waals surface area contributed by atoms with Gasteiger partial charge < -0.3 is 9.30 Å². The number of aromatic nitrogens is 1. The van der Waals surface area contributed by atoms with Gasteiger partial charge in [-0.15, -0.1) is 0 Å². The lowest BCUT2D eigenvalue weighted by Gasteiger charge is -2.13. The van der Waals surface area contributed by atoms with Crippen LogP contribution in [0, 0.1) is 5.82 Å². The highest BCUT2D eigenvalue weighted by molar-refractivity contribution is 6.35. The fourth-order valence-electron chi connectivity index (χ4n) is 3.22. The average molecular weight is 514 g/mol. The number of hydrogen-bond donors (Lipinski definition) is 0. The van der Waals surface area contributed by atoms with Crippen LogP contribution in [0.1, 0.15) is 32.7 Å². The van der Waals surface area contributed by atoms with Crippen molar-refractivity contribution in [2.45, 2.75) is 19.1 Å². The van der Waals surface area contributed by atoms with Gasteiger partial charge in [0.05, 0.1) is 29.0 Å². The molecule has 10 heteroatoms. The largest absolute Gasteiger partial charge is 0.465 e. The number of halogens is 6. The summed E-state index contributed by atoms with van der Waals surface area (Å²) in [6.45, 7) is 0.132. The molecule has 1 aromatic heterocycles. The number of carbonyl (C=O) groups is 1. The Bertz CT molecular complexity index is 1300. The summed E-state index contributed by atoms with van der Waals surface area (Å²) in [7, 11) is 1.27. The quantitative estimate of drug-likeness (QED) is 0.278. The number of rotatable bonds is 6. The second kappa shape index (κ2) is 10.4. The zero-order chi connectivity index (χ0) is 25.0. The molecule has 3 aromatic rings. The molecule has 0 bridgehead atoms. The maximum atomic E-state index is 13.7. The molecule has 0 N–H and O–H groups in total. The molecule has 34 heavy (non-hydrogen) atoms. The lowest BCUT2D eigenvalue weighted by atomic mass is 10.1. The fraction of sp³-hybridized carbons (Fsp3) is 0.167. The minimum atomic E-state index is -4.71. The summed E-state index contributed by atoms with van der Waals surface area (Å²) in [5.74, 6) is -1.53. The monoisotopic (exact) mass is 513 g/mol. The predicted molar refractivity (Wildman–Crippen MR) is 123 cm³/mol. The second-order valence-electron chi connectivity index (χ2n) is 7.23. The van der Waals surface area contributed by atoms with Gasteiger partial charge in [-0.1, -0.05) is 41.4 Å². The number of esters is 1. The SMILES string of the molecule is COC(=O)c1ccc(CCn2c(/C=C/c3cc(F)cc(C(F)(F)F)c3)c(Cl)cc(Cl)c2=O)cc1. The first kappa shape index (κ1) is 25.5. The number of hydrogen-bond acceptors (Lipinski definition) is 3. The van der Waals surface area contributed by atoms with Gasteiger partial charge in [-0.05, 0) is 60.0 Å². The summed E-state index contributed by atoms with van der Waals surface area (Å²) in [5.41, 5.74) is -0.387. The molecule has 0 amide bonds. The highest BCUT2D eigenvalue weighted by Crippen LogP contribution is 2.31. The number of alkyl halides is 3. The summed E-state index contributed by atoms with van der Waals surface area (Å²) in [4.78, 5) is 24.2. The number of carbonyl (C=O) groups excluding carboxylic acids is 1. The van der Waals surface area contributed by atoms with E-state index in [1.807, 2.05) is 0 Å². The van der Waals surface area contributed by atoms with Crippen LogP contribution in [0.3, 0.4) is 0 Å². The lowest BCUT2D eigenvalue weighted by Crippen LogP contribution is -2.24. The van der Waals surface area contributed by atoms with Crippen molar-refractivity contribution in [2.24, 2.45) is 0 Å². The van der Waals surface area contributed by atoms with Gasteiger partial charge >= 0.3 is 12.1 Å². The van der Waals surface area contributed by atoms with E-state index in [1.165, 1.54) is 29.9 Å². The molecule has 1 heterocycles. The Morgan fingerprint density at radius 3 is 2.32 bits per heavy atom. The Labute approximate surface area is 202 Å². The van der Waals surface area contributed by atoms with Crippen LogP contribution in [-0.4, -0.2) is 17.6 Å². The van der Waals surface area contributed by atoms with E-state index in [9.17, 15) is 27.2 Å². The van der Waals surface area contributed by atoms with Crippen molar-refractivity contribution >= 4 is 41.3 Å². The highest BCUT2D eigenvalue weighted by atomic mass is 35.5. The minimum Gasteiger partial charge on any atom is -0.465 e. The van der Waals surface area contributed by atoms with E-state index in [0.29, 0.717) is 18.1 Å². The smallest absolute Gasteiger partial charge is 0.416 e. The average Bonchev–Trinajstić information content (AvgIpc) is 2.78. The van der Waals surface area contributed by atoms with Crippen LogP contribution in [0.15, 0.2) is 53.3 Å². The van der Waals surface area contributed by atoms with Crippen LogP contribution in [0.4, 0.5) is 17.6 Å². The summed E-state index contributed by atoms with van der Waals surface area (Å²) in [6.07, 6.45) is -1.80. The second-order valence-corrected chi connectivity index (χ2v) is 8.04. The van der Waals surface area contributed by atoms with Crippen molar-refractivity contribution in [1.82, 2.24) is 4.57 Å². The summed E-state index contributed by atoms with van der Waals surface area (Å²) < 4.78 is 58.6. The van der Waals surface area contributed by atoms with Crippen molar-refractivity contribution in [2.75, 3.05) is 7.11 Å². The normalized spacial score (nSPS) is 11.7. The van der Waals surface area contributed by atoms with Crippen molar-refractivity contribution in [1.29, 1.82) is 0 Å². The molecular formula is C24H17Cl2F4NO3. The third-order valence-corrected chi connectivity index (χ3v) is 5.49. The van der Waals surface area contributed by atoms with Crippen LogP contribution in [-0.2, 0) is 23.9 Å². The number of ether oxygens (including phenoxy) is 1. The molecule has 0 spiro atoms. The van der Waals surface area contributed by atoms with E-state index in [4.69, 9.17) is 23.2 Å². The molecule has 0 saturated carbocycles. The first-order chi connectivity index (χ1) is 16.0. The van der Waals surface area contributed by atoms with Gasteiger partial charge in [0.1, 0.15) is 10.8 Å². The number of aryl methyl sites for hydroxylation is 1. The fourth-order valence-corrected chi connectivity index (χ4v) is 3.76. The summed E-state index contributed by atoms with van der Waals surface area (Å²) >= 11 is 12.2. The molecule has 178 valence electrons. The summed E-state index contributed by atoms with van der Waals surface area (Å²) in [6, 6.07) is 9.91. The van der Waals surface area contributed by atoms with E-state index in [0.717, 1.165) is 17.7 Å². The van der Waals surface area contributed by atoms with Gasteiger partial charge in [0.15, 0.2) is 0 Å². The first-order valence-electron chi connectivity index (χ1n) is 9.81. The first-order valence-corrected chi connectivity index (χ1v) is 10.6. The van der Waals surface area contributed by atoms with Crippen molar-refractivity contribution in [3.63, 3.8) is 0 Å². The number of nitrogens with zero attached hydrogens (tertiary/aromatic N) is 1. The van der Waals surface area contributed by atoms with Crippen LogP contribution in [0.2, 0.25) is 10.0 Å². The maximum Gasteiger partial charge on any atom is 0.416 e. The lowest BCUT2D eigenvalue weighted by molar-refractivity contribution is -0.137. The topological polar surface area (TPSA) is 48.3 Å². The number of methoxy groups -OCH3 is 1. The molecule has 3 rings (SSSR count). The predicted octanol–water partition coefficient (Wildman–Crippen LogP) is 6.51. The zero-order valence-electron chi connectivity index (χ0n) is 17.6. The van der Waals surface area contributed by atoms with Crippen LogP contribution >= 0.6 is 23.2 Å². The Kier molecular flexibility index (Phi) is 7.84. The van der Waals surface area contributed by atoms with Gasteiger partial charge in [0.2, 0.25) is 0 Å². The van der Waals surface area contributed by atoms with Crippen LogP contribution < -0.4 is 5.56 Å². The number of benzene rings is 2. The van der Waals surface area contributed by atoms with Crippen LogP contribution in [0.5, 0.6) is 0 Å². The van der Waals surface area contributed by atoms with Gasteiger partial charge in [-0.3, -0.25) is 4.79 Å². The molecule has 0 atom stereocenters. The minimum absolute atomic E-state index is 0.0595. The molecule has 2 aromatic carbocycles. The molecule has 4 nitrogen and oxygen atoms in total. The van der Waals surface area contributed by atoms with Gasteiger partial charge in [-0.25, -0.2) is 9.18 Å². The van der Waals surface area contributed by atoms with E-state index >= 15 is 0 Å². The van der Waals surface area contributed by atoms with Crippen molar-refractivity contribution < 1.29 is 27.1 Å². The summed E-state index contributed by atoms with van der Waals surface area (Å²) in [5, 5.41) is -0.0392. The van der Waals surface area contributed by atoms with Gasteiger partial charge in [0, 0.05) is 6.54 Å². The maximum absolute atomic E-state index is 13.7. The van der Waals surface area contributed by atoms with E-state index < -0.39 is 29.1 Å². The van der Waals surface area contributed by atoms with Gasteiger partial charge in [-0.2, -0.15) is 13.2 Å². The third-order valence-electron chi connectivity index (χ3n) is 4.92. The Morgan fingerprint density at radius 1 is 1.03 bits per heavy atom. The highest BCUT2D eigenvalue weighted by Gasteiger charge is 2.31. The Hall–Kier alpha value is -3.10. The Morgan fingerprint density at radius 2 is 1.71 bits per heavy atom. The van der Waals surface area contributed by atoms with E-state index in [2.05, 4.69) is 4.74 Å². The molecule has 0 fully saturated rings. The van der Waals surface area contributed by atoms with Crippen molar-refractivity contribution in [3.05, 3.63) is 103 Å². The number of pyridine rings is 1. The van der Waals surface area contributed by atoms with Crippen molar-refractivity contribution in [3.8, 4) is 0 Å². The zero-order valence-corrected chi connectivity index (χ0v) is 19.1. The third kappa shape index (κ3) is 6.07. The molecular weight excluding hydrogens is 497 g/mol. The molecule has 0 aliphatic carbocycles. The van der Waals surface area contributed by atoms with Gasteiger partial charge in [0.25, 0.3) is 5.56 Å². The van der Waals surface area contributed by atoms with Crippen LogP contribution in [0.25, 0.3) is 12.2 Å². The van der Waals surface area contributed by atoms with E-state index in [1.54, 1.807) is 24.3 Å². The molecule has 0 saturated heterocycles. The van der Waals surface area contributed by atoms with E-state index in [-0.39, 0.29) is 27.8 Å². The molecule has 0 aliphatic rings. The molecule has 0 aliphatic heterocycles. The molecule has 0 unspecified atom stereocenters. The molecule has 0 radical (unpaired) electrons.